The van der Waals surface area contributed by atoms with Crippen molar-refractivity contribution in [1.29, 1.82) is 0 Å². The number of hydrogen-bond donors (Lipinski definition) is 0. The molecule has 0 fully saturated rings. The van der Waals surface area contributed by atoms with Gasteiger partial charge in [-0.2, -0.15) is 0 Å². The van der Waals surface area contributed by atoms with Gasteiger partial charge in [-0.3, -0.25) is 4.79 Å². The average molecular weight is 355 g/mol. The van der Waals surface area contributed by atoms with Crippen LogP contribution in [-0.4, -0.2) is 28.8 Å². The van der Waals surface area contributed by atoms with Gasteiger partial charge in [-0.05, 0) is 30.3 Å². The lowest BCUT2D eigenvalue weighted by atomic mass is 10.2. The molecule has 0 aliphatic carbocycles. The predicted molar refractivity (Wildman–Crippen MR) is 93.2 cm³/mol. The van der Waals surface area contributed by atoms with Gasteiger partial charge in [0.05, 0.1) is 20.5 Å². The minimum atomic E-state index is -0.189. The van der Waals surface area contributed by atoms with Crippen LogP contribution in [0.3, 0.4) is 0 Å². The normalized spacial score (nSPS) is 12.0. The van der Waals surface area contributed by atoms with Crippen molar-refractivity contribution in [2.45, 2.75) is 0 Å². The molecule has 3 heterocycles. The number of nitrogens with zero attached hydrogens (tertiary/aromatic N) is 3. The molecule has 0 N–H and O–H groups in total. The monoisotopic (exact) mass is 355 g/mol. The third kappa shape index (κ3) is 2.56. The molecule has 0 radical (unpaired) electrons. The molecule has 126 valence electrons. The van der Waals surface area contributed by atoms with Crippen LogP contribution >= 0.6 is 11.3 Å². The summed E-state index contributed by atoms with van der Waals surface area (Å²) in [4.78, 5) is 13.3. The number of methoxy groups -OCH3 is 2. The topological polar surface area (TPSA) is 78.9 Å². The highest BCUT2D eigenvalue weighted by molar-refractivity contribution is 7.15. The van der Waals surface area contributed by atoms with E-state index in [9.17, 15) is 4.79 Å². The third-order valence-corrected chi connectivity index (χ3v) is 4.67. The van der Waals surface area contributed by atoms with E-state index in [-0.39, 0.29) is 5.56 Å². The summed E-state index contributed by atoms with van der Waals surface area (Å²) in [5, 5.41) is 8.26. The molecule has 0 atom stereocenters. The van der Waals surface area contributed by atoms with Crippen LogP contribution in [0.15, 0.2) is 45.8 Å². The van der Waals surface area contributed by atoms with Crippen molar-refractivity contribution >= 4 is 22.4 Å². The van der Waals surface area contributed by atoms with Gasteiger partial charge in [-0.1, -0.05) is 11.3 Å². The lowest BCUT2D eigenvalue weighted by Gasteiger charge is -2.08. The molecular weight excluding hydrogens is 342 g/mol. The molecule has 0 unspecified atom stereocenters. The summed E-state index contributed by atoms with van der Waals surface area (Å²) in [6.45, 7) is 0. The van der Waals surface area contributed by atoms with Gasteiger partial charge in [-0.15, -0.1) is 10.2 Å². The second kappa shape index (κ2) is 6.06. The van der Waals surface area contributed by atoms with Crippen molar-refractivity contribution in [2.75, 3.05) is 14.2 Å². The molecule has 0 bridgehead atoms. The molecule has 1 aromatic carbocycles. The number of hydrogen-bond acceptors (Lipinski definition) is 7. The van der Waals surface area contributed by atoms with Crippen LogP contribution in [0.2, 0.25) is 0 Å². The van der Waals surface area contributed by atoms with Gasteiger partial charge in [0.2, 0.25) is 4.96 Å². The quantitative estimate of drug-likeness (QED) is 0.557. The molecule has 0 saturated heterocycles. The van der Waals surface area contributed by atoms with E-state index in [4.69, 9.17) is 13.9 Å². The zero-order valence-corrected chi connectivity index (χ0v) is 14.2. The molecule has 0 aliphatic heterocycles. The summed E-state index contributed by atoms with van der Waals surface area (Å²) >= 11 is 1.26. The number of furan rings is 1. The highest BCUT2D eigenvalue weighted by Gasteiger charge is 2.16. The van der Waals surface area contributed by atoms with Crippen LogP contribution in [-0.2, 0) is 0 Å². The van der Waals surface area contributed by atoms with Crippen LogP contribution in [0.5, 0.6) is 11.5 Å². The van der Waals surface area contributed by atoms with Crippen molar-refractivity contribution < 1.29 is 13.9 Å². The molecule has 0 aliphatic rings. The predicted octanol–water partition coefficient (Wildman–Crippen LogP) is 1.98. The molecule has 8 heteroatoms. The van der Waals surface area contributed by atoms with Crippen molar-refractivity contribution in [3.05, 3.63) is 57.2 Å². The zero-order valence-electron chi connectivity index (χ0n) is 13.4. The average Bonchev–Trinajstić information content (AvgIpc) is 3.35. The maximum absolute atomic E-state index is 12.8. The molecule has 3 aromatic heterocycles. The molecule has 25 heavy (non-hydrogen) atoms. The smallest absolute Gasteiger partial charge is 0.276 e. The first kappa shape index (κ1) is 15.4. The highest BCUT2D eigenvalue weighted by Crippen LogP contribution is 2.31. The van der Waals surface area contributed by atoms with Crippen molar-refractivity contribution in [1.82, 2.24) is 14.6 Å². The highest BCUT2D eigenvalue weighted by atomic mass is 32.1. The Morgan fingerprint density at radius 1 is 1.16 bits per heavy atom. The second-order valence-corrected chi connectivity index (χ2v) is 6.15. The van der Waals surface area contributed by atoms with Crippen LogP contribution in [0.1, 0.15) is 5.76 Å². The van der Waals surface area contributed by atoms with Gasteiger partial charge in [0.1, 0.15) is 10.3 Å². The Kier molecular flexibility index (Phi) is 3.73. The largest absolute Gasteiger partial charge is 0.493 e. The van der Waals surface area contributed by atoms with Crippen molar-refractivity contribution in [2.24, 2.45) is 0 Å². The Labute approximate surface area is 145 Å². The molecular formula is C17H13N3O4S. The minimum absolute atomic E-state index is 0.189. The summed E-state index contributed by atoms with van der Waals surface area (Å²) in [7, 11) is 3.12. The van der Waals surface area contributed by atoms with E-state index in [0.29, 0.717) is 38.1 Å². The minimum Gasteiger partial charge on any atom is -0.493 e. The Hall–Kier alpha value is -3.13. The fourth-order valence-electron chi connectivity index (χ4n) is 2.53. The Morgan fingerprint density at radius 2 is 2.00 bits per heavy atom. The number of fused-ring (bicyclic) bond motifs is 1. The maximum Gasteiger partial charge on any atom is 0.276 e. The SMILES string of the molecule is COc1ccc(-c2nnc3sc(=Cc4ccco4)c(=O)n23)cc1OC. The van der Waals surface area contributed by atoms with E-state index in [1.54, 1.807) is 50.8 Å². The van der Waals surface area contributed by atoms with Gasteiger partial charge < -0.3 is 13.9 Å². The van der Waals surface area contributed by atoms with Crippen molar-refractivity contribution in [3.8, 4) is 22.9 Å². The van der Waals surface area contributed by atoms with Crippen LogP contribution < -0.4 is 19.6 Å². The molecule has 4 aromatic rings. The number of ether oxygens (including phenoxy) is 2. The Bertz CT molecular complexity index is 1140. The summed E-state index contributed by atoms with van der Waals surface area (Å²) in [5.41, 5.74) is 0.524. The first-order chi connectivity index (χ1) is 12.2. The summed E-state index contributed by atoms with van der Waals surface area (Å²) in [6.07, 6.45) is 3.26. The standard InChI is InChI=1S/C17H13N3O4S/c1-22-12-6-5-10(8-13(12)23-2)15-18-19-17-20(15)16(21)14(25-17)9-11-4-3-7-24-11/h3-9H,1-2H3. The fourth-order valence-corrected chi connectivity index (χ4v) is 3.42. The van der Waals surface area contributed by atoms with Gasteiger partial charge >= 0.3 is 0 Å². The zero-order chi connectivity index (χ0) is 17.4. The lowest BCUT2D eigenvalue weighted by molar-refractivity contribution is 0.355. The number of rotatable bonds is 4. The summed E-state index contributed by atoms with van der Waals surface area (Å²) in [6, 6.07) is 8.90. The number of aromatic nitrogens is 3. The van der Waals surface area contributed by atoms with Gasteiger partial charge in [0, 0.05) is 11.6 Å². The molecule has 7 nitrogen and oxygen atoms in total. The van der Waals surface area contributed by atoms with E-state index < -0.39 is 0 Å². The molecule has 0 amide bonds. The van der Waals surface area contributed by atoms with Crippen LogP contribution in [0, 0.1) is 0 Å². The summed E-state index contributed by atoms with van der Waals surface area (Å²) < 4.78 is 17.8. The number of thiazole rings is 1. The first-order valence-electron chi connectivity index (χ1n) is 7.37. The van der Waals surface area contributed by atoms with Gasteiger partial charge in [-0.25, -0.2) is 4.40 Å². The van der Waals surface area contributed by atoms with Crippen LogP contribution in [0.4, 0.5) is 0 Å². The maximum atomic E-state index is 12.8. The van der Waals surface area contributed by atoms with E-state index >= 15 is 0 Å². The van der Waals surface area contributed by atoms with E-state index in [1.807, 2.05) is 6.07 Å². The third-order valence-electron chi connectivity index (χ3n) is 3.71. The second-order valence-electron chi connectivity index (χ2n) is 5.14. The lowest BCUT2D eigenvalue weighted by Crippen LogP contribution is -2.23. The van der Waals surface area contributed by atoms with Crippen molar-refractivity contribution in [3.63, 3.8) is 0 Å². The van der Waals surface area contributed by atoms with E-state index in [2.05, 4.69) is 10.2 Å². The van der Waals surface area contributed by atoms with E-state index in [1.165, 1.54) is 15.7 Å². The fraction of sp³-hybridized carbons (Fsp3) is 0.118. The van der Waals surface area contributed by atoms with Crippen LogP contribution in [0.25, 0.3) is 22.4 Å². The van der Waals surface area contributed by atoms with E-state index in [0.717, 1.165) is 0 Å². The Morgan fingerprint density at radius 3 is 2.72 bits per heavy atom. The molecule has 0 spiro atoms. The molecule has 0 saturated carbocycles. The van der Waals surface area contributed by atoms with Gasteiger partial charge in [0.15, 0.2) is 17.3 Å². The Balaban J connectivity index is 1.90. The summed E-state index contributed by atoms with van der Waals surface area (Å²) in [5.74, 6) is 2.23. The first-order valence-corrected chi connectivity index (χ1v) is 8.18. The number of benzene rings is 1. The molecule has 4 rings (SSSR count). The van der Waals surface area contributed by atoms with Gasteiger partial charge in [0.25, 0.3) is 5.56 Å².